The van der Waals surface area contributed by atoms with Crippen molar-refractivity contribution in [1.82, 2.24) is 0 Å². The number of hydrogen-bond donors (Lipinski definition) is 1. The van der Waals surface area contributed by atoms with Crippen molar-refractivity contribution in [2.24, 2.45) is 5.41 Å². The highest BCUT2D eigenvalue weighted by atomic mass is 19.1. The summed E-state index contributed by atoms with van der Waals surface area (Å²) in [6.45, 7) is 4.72. The maximum Gasteiger partial charge on any atom is 0.244 e. The average molecular weight is 220 g/mol. The molecule has 0 fully saturated rings. The van der Waals surface area contributed by atoms with E-state index in [9.17, 15) is 9.18 Å². The van der Waals surface area contributed by atoms with Gasteiger partial charge in [-0.05, 0) is 38.5 Å². The Hall–Kier alpha value is -1.89. The van der Waals surface area contributed by atoms with E-state index in [-0.39, 0.29) is 5.69 Å². The maximum absolute atomic E-state index is 13.4. The molecule has 0 spiro atoms. The van der Waals surface area contributed by atoms with Gasteiger partial charge in [0.1, 0.15) is 11.2 Å². The van der Waals surface area contributed by atoms with Gasteiger partial charge in [0.25, 0.3) is 0 Å². The molecule has 0 aromatic heterocycles. The van der Waals surface area contributed by atoms with Crippen molar-refractivity contribution < 1.29 is 9.18 Å². The van der Waals surface area contributed by atoms with Crippen molar-refractivity contribution in [2.45, 2.75) is 20.8 Å². The molecular weight excluding hydrogens is 207 g/mol. The molecular formula is C12H13FN2O. The maximum atomic E-state index is 13.4. The van der Waals surface area contributed by atoms with Crippen LogP contribution in [0.4, 0.5) is 10.1 Å². The topological polar surface area (TPSA) is 52.9 Å². The van der Waals surface area contributed by atoms with Crippen molar-refractivity contribution in [2.75, 3.05) is 5.32 Å². The fourth-order valence-electron chi connectivity index (χ4n) is 1.05. The Labute approximate surface area is 93.9 Å². The molecule has 16 heavy (non-hydrogen) atoms. The second-order valence-electron chi connectivity index (χ2n) is 4.17. The van der Waals surface area contributed by atoms with Crippen molar-refractivity contribution in [3.05, 3.63) is 29.6 Å². The van der Waals surface area contributed by atoms with E-state index in [2.05, 4.69) is 5.32 Å². The van der Waals surface area contributed by atoms with Crippen LogP contribution in [0, 0.1) is 29.5 Å². The van der Waals surface area contributed by atoms with E-state index in [1.165, 1.54) is 26.0 Å². The van der Waals surface area contributed by atoms with Gasteiger partial charge in [-0.3, -0.25) is 4.79 Å². The summed E-state index contributed by atoms with van der Waals surface area (Å²) in [7, 11) is 0. The van der Waals surface area contributed by atoms with E-state index in [0.29, 0.717) is 0 Å². The third-order valence-electron chi connectivity index (χ3n) is 2.22. The number of aryl methyl sites for hydroxylation is 1. The van der Waals surface area contributed by atoms with E-state index in [1.54, 1.807) is 13.0 Å². The number of carbonyl (C=O) groups is 1. The molecule has 1 rings (SSSR count). The number of nitrogens with zero attached hydrogens (tertiary/aromatic N) is 1. The first-order valence-electron chi connectivity index (χ1n) is 4.85. The van der Waals surface area contributed by atoms with Gasteiger partial charge in [-0.25, -0.2) is 4.39 Å². The zero-order valence-electron chi connectivity index (χ0n) is 9.47. The molecule has 0 unspecified atom stereocenters. The molecule has 0 saturated heterocycles. The summed E-state index contributed by atoms with van der Waals surface area (Å²) in [5.41, 5.74) is -0.300. The first kappa shape index (κ1) is 12.2. The highest BCUT2D eigenvalue weighted by Crippen LogP contribution is 2.20. The summed E-state index contributed by atoms with van der Waals surface area (Å²) in [6, 6.07) is 6.36. The second-order valence-corrected chi connectivity index (χ2v) is 4.17. The molecule has 0 aliphatic carbocycles. The molecule has 3 nitrogen and oxygen atoms in total. The molecule has 1 aromatic rings. The summed E-state index contributed by atoms with van der Waals surface area (Å²) < 4.78 is 13.4. The van der Waals surface area contributed by atoms with Gasteiger partial charge in [-0.1, -0.05) is 6.07 Å². The molecule has 0 atom stereocenters. The van der Waals surface area contributed by atoms with Crippen LogP contribution >= 0.6 is 0 Å². The minimum absolute atomic E-state index is 0.0962. The Morgan fingerprint density at radius 1 is 1.50 bits per heavy atom. The van der Waals surface area contributed by atoms with Crippen LogP contribution in [-0.2, 0) is 4.79 Å². The number of amides is 1. The Bertz CT molecular complexity index is 461. The van der Waals surface area contributed by atoms with E-state index >= 15 is 0 Å². The summed E-state index contributed by atoms with van der Waals surface area (Å²) in [5.74, 6) is -1.01. The third kappa shape index (κ3) is 2.57. The van der Waals surface area contributed by atoms with Gasteiger partial charge in [0.05, 0.1) is 11.8 Å². The summed E-state index contributed by atoms with van der Waals surface area (Å²) in [5, 5.41) is 11.1. The fourth-order valence-corrected chi connectivity index (χ4v) is 1.05. The van der Waals surface area contributed by atoms with Crippen LogP contribution in [0.3, 0.4) is 0 Å². The summed E-state index contributed by atoms with van der Waals surface area (Å²) >= 11 is 0. The zero-order valence-corrected chi connectivity index (χ0v) is 9.47. The van der Waals surface area contributed by atoms with Crippen LogP contribution < -0.4 is 5.32 Å². The second kappa shape index (κ2) is 4.31. The standard InChI is InChI=1S/C12H13FN2O/c1-8-4-5-10(9(13)6-8)15-11(16)12(2,3)7-14/h4-6H,1-3H3,(H,15,16). The number of nitrogens with one attached hydrogen (secondary N) is 1. The van der Waals surface area contributed by atoms with Gasteiger partial charge in [0, 0.05) is 0 Å². The van der Waals surface area contributed by atoms with Crippen LogP contribution in [-0.4, -0.2) is 5.91 Å². The average Bonchev–Trinajstić information content (AvgIpc) is 2.22. The monoisotopic (exact) mass is 220 g/mol. The van der Waals surface area contributed by atoms with Gasteiger partial charge in [0.2, 0.25) is 5.91 Å². The predicted octanol–water partition coefficient (Wildman–Crippen LogP) is 2.62. The molecule has 4 heteroatoms. The van der Waals surface area contributed by atoms with Crippen LogP contribution in [0.1, 0.15) is 19.4 Å². The lowest BCUT2D eigenvalue weighted by molar-refractivity contribution is -0.121. The van der Waals surface area contributed by atoms with Gasteiger partial charge in [-0.2, -0.15) is 5.26 Å². The quantitative estimate of drug-likeness (QED) is 0.832. The van der Waals surface area contributed by atoms with Gasteiger partial charge in [0.15, 0.2) is 0 Å². The van der Waals surface area contributed by atoms with Crippen LogP contribution in [0.25, 0.3) is 0 Å². The summed E-state index contributed by atoms with van der Waals surface area (Å²) in [6.07, 6.45) is 0. The zero-order chi connectivity index (χ0) is 12.3. The van der Waals surface area contributed by atoms with Crippen LogP contribution in [0.2, 0.25) is 0 Å². The Morgan fingerprint density at radius 3 is 2.62 bits per heavy atom. The van der Waals surface area contributed by atoms with E-state index in [1.807, 2.05) is 6.07 Å². The number of hydrogen-bond acceptors (Lipinski definition) is 2. The van der Waals surface area contributed by atoms with Crippen LogP contribution in [0.5, 0.6) is 0 Å². The highest BCUT2D eigenvalue weighted by Gasteiger charge is 2.27. The fraction of sp³-hybridized carbons (Fsp3) is 0.333. The number of benzene rings is 1. The molecule has 0 aliphatic heterocycles. The number of anilines is 1. The van der Waals surface area contributed by atoms with Gasteiger partial charge < -0.3 is 5.32 Å². The van der Waals surface area contributed by atoms with E-state index in [0.717, 1.165) is 5.56 Å². The van der Waals surface area contributed by atoms with Gasteiger partial charge >= 0.3 is 0 Å². The lowest BCUT2D eigenvalue weighted by Gasteiger charge is -2.15. The van der Waals surface area contributed by atoms with E-state index < -0.39 is 17.1 Å². The van der Waals surface area contributed by atoms with E-state index in [4.69, 9.17) is 5.26 Å². The van der Waals surface area contributed by atoms with Crippen molar-refractivity contribution in [3.8, 4) is 6.07 Å². The largest absolute Gasteiger partial charge is 0.322 e. The number of halogens is 1. The lowest BCUT2D eigenvalue weighted by atomic mass is 9.94. The smallest absolute Gasteiger partial charge is 0.244 e. The van der Waals surface area contributed by atoms with Crippen molar-refractivity contribution in [1.29, 1.82) is 5.26 Å². The molecule has 0 saturated carbocycles. The number of rotatable bonds is 2. The molecule has 0 heterocycles. The highest BCUT2D eigenvalue weighted by molar-refractivity contribution is 5.96. The minimum atomic E-state index is -1.17. The number of carbonyl (C=O) groups excluding carboxylic acids is 1. The minimum Gasteiger partial charge on any atom is -0.322 e. The predicted molar refractivity (Wildman–Crippen MR) is 59.2 cm³/mol. The lowest BCUT2D eigenvalue weighted by Crippen LogP contribution is -2.29. The molecule has 1 aromatic carbocycles. The Morgan fingerprint density at radius 2 is 2.12 bits per heavy atom. The molecule has 1 amide bonds. The Balaban J connectivity index is 2.91. The van der Waals surface area contributed by atoms with Crippen molar-refractivity contribution >= 4 is 11.6 Å². The van der Waals surface area contributed by atoms with Crippen molar-refractivity contribution in [3.63, 3.8) is 0 Å². The Kier molecular flexibility index (Phi) is 3.28. The molecule has 1 N–H and O–H groups in total. The van der Waals surface area contributed by atoms with Crippen LogP contribution in [0.15, 0.2) is 18.2 Å². The normalized spacial score (nSPS) is 10.7. The SMILES string of the molecule is Cc1ccc(NC(=O)C(C)(C)C#N)c(F)c1. The van der Waals surface area contributed by atoms with Gasteiger partial charge in [-0.15, -0.1) is 0 Å². The molecule has 84 valence electrons. The molecule has 0 radical (unpaired) electrons. The first-order valence-corrected chi connectivity index (χ1v) is 4.85. The first-order chi connectivity index (χ1) is 7.36. The molecule has 0 bridgehead atoms. The summed E-state index contributed by atoms with van der Waals surface area (Å²) in [4.78, 5) is 11.6. The molecule has 0 aliphatic rings. The third-order valence-corrected chi connectivity index (χ3v) is 2.22. The number of nitriles is 1.